The first-order valence-corrected chi connectivity index (χ1v) is 9.37. The Kier molecular flexibility index (Phi) is 5.17. The third-order valence-electron chi connectivity index (χ3n) is 4.88. The summed E-state index contributed by atoms with van der Waals surface area (Å²) in [6.45, 7) is 2.50. The summed E-state index contributed by atoms with van der Waals surface area (Å²) in [6.07, 6.45) is -4.35. The molecule has 0 radical (unpaired) electrons. The number of nitrogens with one attached hydrogen (secondary N) is 2. The molecular weight excluding hydrogens is 393 g/mol. The number of aryl methyl sites for hydroxylation is 1. The molecule has 0 spiro atoms. The van der Waals surface area contributed by atoms with Gasteiger partial charge in [0.25, 0.3) is 5.56 Å². The first kappa shape index (κ1) is 19.9. The zero-order valence-corrected chi connectivity index (χ0v) is 16.1. The van der Waals surface area contributed by atoms with E-state index >= 15 is 0 Å². The standard InChI is InChI=1S/C22H19F3N4O/c1-14-19-11-16(13-26-12-15-7-9-17(10-8-15)22(23,24)25)21(30)27-20(19)29(28-14)18-5-3-2-4-6-18/h2-11,26H,12-13H2,1H3,(H,27,30). The molecule has 30 heavy (non-hydrogen) atoms. The molecule has 0 saturated heterocycles. The number of pyridine rings is 1. The van der Waals surface area contributed by atoms with Crippen LogP contribution in [-0.4, -0.2) is 14.8 Å². The van der Waals surface area contributed by atoms with E-state index in [1.165, 1.54) is 12.1 Å². The topological polar surface area (TPSA) is 62.7 Å². The van der Waals surface area contributed by atoms with Crippen LogP contribution in [0.3, 0.4) is 0 Å². The second-order valence-corrected chi connectivity index (χ2v) is 7.02. The molecule has 2 N–H and O–H groups in total. The lowest BCUT2D eigenvalue weighted by molar-refractivity contribution is -0.137. The third-order valence-corrected chi connectivity index (χ3v) is 4.88. The van der Waals surface area contributed by atoms with E-state index in [1.807, 2.05) is 37.3 Å². The summed E-state index contributed by atoms with van der Waals surface area (Å²) in [5.74, 6) is 0. The van der Waals surface area contributed by atoms with Crippen molar-refractivity contribution in [3.63, 3.8) is 0 Å². The third kappa shape index (κ3) is 3.99. The van der Waals surface area contributed by atoms with Gasteiger partial charge in [0.05, 0.1) is 16.9 Å². The maximum absolute atomic E-state index is 12.6. The molecule has 0 aliphatic carbocycles. The molecule has 2 aromatic heterocycles. The van der Waals surface area contributed by atoms with Crippen molar-refractivity contribution >= 4 is 11.0 Å². The van der Waals surface area contributed by atoms with Crippen molar-refractivity contribution in [2.24, 2.45) is 0 Å². The molecule has 0 unspecified atom stereocenters. The molecule has 4 aromatic rings. The molecule has 2 aromatic carbocycles. The van der Waals surface area contributed by atoms with E-state index in [4.69, 9.17) is 0 Å². The first-order chi connectivity index (χ1) is 14.3. The van der Waals surface area contributed by atoms with Gasteiger partial charge in [0, 0.05) is 24.0 Å². The smallest absolute Gasteiger partial charge is 0.308 e. The van der Waals surface area contributed by atoms with Crippen molar-refractivity contribution in [3.05, 3.63) is 93.4 Å². The molecule has 5 nitrogen and oxygen atoms in total. The van der Waals surface area contributed by atoms with Gasteiger partial charge in [-0.15, -0.1) is 0 Å². The lowest BCUT2D eigenvalue weighted by Gasteiger charge is -2.09. The quantitative estimate of drug-likeness (QED) is 0.513. The minimum atomic E-state index is -4.35. The number of aromatic amines is 1. The highest BCUT2D eigenvalue weighted by Gasteiger charge is 2.29. The van der Waals surface area contributed by atoms with E-state index in [1.54, 1.807) is 10.7 Å². The monoisotopic (exact) mass is 412 g/mol. The van der Waals surface area contributed by atoms with Crippen LogP contribution in [-0.2, 0) is 19.3 Å². The average Bonchev–Trinajstić information content (AvgIpc) is 3.04. The van der Waals surface area contributed by atoms with Gasteiger partial charge < -0.3 is 10.3 Å². The Morgan fingerprint density at radius 2 is 1.73 bits per heavy atom. The van der Waals surface area contributed by atoms with Gasteiger partial charge in [0.1, 0.15) is 5.65 Å². The number of nitrogens with zero attached hydrogens (tertiary/aromatic N) is 2. The fourth-order valence-corrected chi connectivity index (χ4v) is 3.30. The fraction of sp³-hybridized carbons (Fsp3) is 0.182. The molecular formula is C22H19F3N4O. The number of fused-ring (bicyclic) bond motifs is 1. The van der Waals surface area contributed by atoms with E-state index in [0.29, 0.717) is 23.3 Å². The van der Waals surface area contributed by atoms with Gasteiger partial charge in [-0.05, 0) is 42.8 Å². The number of hydrogen-bond acceptors (Lipinski definition) is 3. The fourth-order valence-electron chi connectivity index (χ4n) is 3.30. The zero-order valence-electron chi connectivity index (χ0n) is 16.1. The number of halogens is 3. The number of aromatic nitrogens is 3. The molecule has 4 rings (SSSR count). The van der Waals surface area contributed by atoms with Gasteiger partial charge in [-0.2, -0.15) is 18.3 Å². The summed E-state index contributed by atoms with van der Waals surface area (Å²) in [5.41, 5.74) is 2.57. The second kappa shape index (κ2) is 7.79. The van der Waals surface area contributed by atoms with Gasteiger partial charge in [-0.1, -0.05) is 30.3 Å². The van der Waals surface area contributed by atoms with Gasteiger partial charge in [-0.25, -0.2) is 4.68 Å². The van der Waals surface area contributed by atoms with Crippen molar-refractivity contribution in [1.29, 1.82) is 0 Å². The Bertz CT molecular complexity index is 1230. The van der Waals surface area contributed by atoms with Crippen LogP contribution >= 0.6 is 0 Å². The minimum absolute atomic E-state index is 0.237. The van der Waals surface area contributed by atoms with E-state index < -0.39 is 11.7 Å². The highest BCUT2D eigenvalue weighted by Crippen LogP contribution is 2.29. The van der Waals surface area contributed by atoms with E-state index in [-0.39, 0.29) is 12.1 Å². The molecule has 0 amide bonds. The maximum Gasteiger partial charge on any atom is 0.416 e. The molecule has 0 atom stereocenters. The SMILES string of the molecule is Cc1nn(-c2ccccc2)c2[nH]c(=O)c(CNCc3ccc(C(F)(F)F)cc3)cc12. The van der Waals surface area contributed by atoms with E-state index in [0.717, 1.165) is 28.9 Å². The molecule has 0 bridgehead atoms. The summed E-state index contributed by atoms with van der Waals surface area (Å²) in [7, 11) is 0. The molecule has 8 heteroatoms. The molecule has 154 valence electrons. The number of alkyl halides is 3. The number of para-hydroxylation sites is 1. The van der Waals surface area contributed by atoms with Crippen LogP contribution in [0.1, 0.15) is 22.4 Å². The summed E-state index contributed by atoms with van der Waals surface area (Å²) in [6, 6.07) is 16.3. The van der Waals surface area contributed by atoms with Crippen LogP contribution in [0.5, 0.6) is 0 Å². The van der Waals surface area contributed by atoms with Crippen molar-refractivity contribution in [3.8, 4) is 5.69 Å². The zero-order chi connectivity index (χ0) is 21.3. The molecule has 0 saturated carbocycles. The van der Waals surface area contributed by atoms with Crippen LogP contribution in [0.4, 0.5) is 13.2 Å². The lowest BCUT2D eigenvalue weighted by Crippen LogP contribution is -2.21. The second-order valence-electron chi connectivity index (χ2n) is 7.02. The van der Waals surface area contributed by atoms with Gasteiger partial charge in [0.15, 0.2) is 0 Å². The largest absolute Gasteiger partial charge is 0.416 e. The van der Waals surface area contributed by atoms with Crippen molar-refractivity contribution in [2.75, 3.05) is 0 Å². The van der Waals surface area contributed by atoms with Crippen LogP contribution in [0, 0.1) is 6.92 Å². The summed E-state index contributed by atoms with van der Waals surface area (Å²) in [4.78, 5) is 15.5. The molecule has 0 fully saturated rings. The summed E-state index contributed by atoms with van der Waals surface area (Å²) < 4.78 is 39.6. The van der Waals surface area contributed by atoms with Gasteiger partial charge in [-0.3, -0.25) is 4.79 Å². The maximum atomic E-state index is 12.6. The molecule has 0 aliphatic heterocycles. The lowest BCUT2D eigenvalue weighted by atomic mass is 10.1. The predicted molar refractivity (Wildman–Crippen MR) is 108 cm³/mol. The normalized spacial score (nSPS) is 11.9. The first-order valence-electron chi connectivity index (χ1n) is 9.37. The average molecular weight is 412 g/mol. The number of rotatable bonds is 5. The van der Waals surface area contributed by atoms with Crippen molar-refractivity contribution in [2.45, 2.75) is 26.2 Å². The minimum Gasteiger partial charge on any atom is -0.308 e. The van der Waals surface area contributed by atoms with E-state index in [2.05, 4.69) is 15.4 Å². The van der Waals surface area contributed by atoms with Crippen LogP contribution in [0.25, 0.3) is 16.7 Å². The Labute approximate surface area is 170 Å². The Balaban J connectivity index is 1.52. The Hall–Kier alpha value is -3.39. The molecule has 0 aliphatic rings. The predicted octanol–water partition coefficient (Wildman–Crippen LogP) is 4.33. The van der Waals surface area contributed by atoms with Gasteiger partial charge in [0.2, 0.25) is 0 Å². The highest BCUT2D eigenvalue weighted by molar-refractivity contribution is 5.80. The molecule has 2 heterocycles. The van der Waals surface area contributed by atoms with Crippen LogP contribution in [0.2, 0.25) is 0 Å². The van der Waals surface area contributed by atoms with Crippen molar-refractivity contribution in [1.82, 2.24) is 20.1 Å². The summed E-state index contributed by atoms with van der Waals surface area (Å²) >= 11 is 0. The number of hydrogen-bond donors (Lipinski definition) is 2. The Morgan fingerprint density at radius 3 is 2.40 bits per heavy atom. The van der Waals surface area contributed by atoms with Gasteiger partial charge >= 0.3 is 6.18 Å². The Morgan fingerprint density at radius 1 is 1.03 bits per heavy atom. The van der Waals surface area contributed by atoms with Crippen LogP contribution in [0.15, 0.2) is 65.5 Å². The number of H-pyrrole nitrogens is 1. The van der Waals surface area contributed by atoms with Crippen LogP contribution < -0.4 is 10.9 Å². The van der Waals surface area contributed by atoms with Crippen molar-refractivity contribution < 1.29 is 13.2 Å². The van der Waals surface area contributed by atoms with E-state index in [9.17, 15) is 18.0 Å². The highest BCUT2D eigenvalue weighted by atomic mass is 19.4. The summed E-state index contributed by atoms with van der Waals surface area (Å²) in [5, 5.41) is 8.48. The number of benzene rings is 2.